The summed E-state index contributed by atoms with van der Waals surface area (Å²) in [6.07, 6.45) is 8.32. The number of nitrogens with zero attached hydrogens (tertiary/aromatic N) is 2. The van der Waals surface area contributed by atoms with E-state index in [4.69, 9.17) is 0 Å². The fourth-order valence-corrected chi connectivity index (χ4v) is 2.52. The number of aromatic nitrogens is 2. The Labute approximate surface area is 63.1 Å². The van der Waals surface area contributed by atoms with E-state index in [1.807, 2.05) is 12.5 Å². The van der Waals surface area contributed by atoms with Crippen molar-refractivity contribution in [1.29, 1.82) is 0 Å². The molecular formula is C7H13N2P. The summed E-state index contributed by atoms with van der Waals surface area (Å²) in [4.78, 5) is 4.02. The lowest BCUT2D eigenvalue weighted by molar-refractivity contribution is 1.17. The maximum atomic E-state index is 4.02. The van der Waals surface area contributed by atoms with Crippen molar-refractivity contribution in [3.8, 4) is 0 Å². The molecule has 1 rings (SSSR count). The second-order valence-electron chi connectivity index (χ2n) is 2.08. The summed E-state index contributed by atoms with van der Waals surface area (Å²) in [6, 6.07) is 0. The summed E-state index contributed by atoms with van der Waals surface area (Å²) < 4.78 is 2.23. The first-order chi connectivity index (χ1) is 4.88. The molecule has 0 atom stereocenters. The molecule has 1 heterocycles. The molecule has 0 radical (unpaired) electrons. The van der Waals surface area contributed by atoms with Crippen LogP contribution in [0.1, 0.15) is 13.8 Å². The molecule has 0 unspecified atom stereocenters. The third-order valence-corrected chi connectivity index (χ3v) is 3.90. The van der Waals surface area contributed by atoms with Gasteiger partial charge >= 0.3 is 0 Å². The smallest absolute Gasteiger partial charge is 0.0979 e. The zero-order valence-electron chi connectivity index (χ0n) is 6.49. The molecule has 0 fully saturated rings. The summed E-state index contributed by atoms with van der Waals surface area (Å²) in [6.45, 7) is 4.46. The van der Waals surface area contributed by atoms with Gasteiger partial charge in [-0.15, -0.1) is 0 Å². The fourth-order valence-electron chi connectivity index (χ4n) is 0.970. The van der Waals surface area contributed by atoms with Crippen molar-refractivity contribution in [2.45, 2.75) is 13.8 Å². The topological polar surface area (TPSA) is 17.8 Å². The maximum Gasteiger partial charge on any atom is 0.0979 e. The highest BCUT2D eigenvalue weighted by atomic mass is 31.1. The molecule has 0 saturated carbocycles. The van der Waals surface area contributed by atoms with Gasteiger partial charge < -0.3 is 4.34 Å². The summed E-state index contributed by atoms with van der Waals surface area (Å²) in [5.74, 6) is 0. The molecule has 0 aliphatic heterocycles. The Morgan fingerprint density at radius 1 is 1.40 bits per heavy atom. The van der Waals surface area contributed by atoms with E-state index in [-0.39, 0.29) is 8.07 Å². The van der Waals surface area contributed by atoms with Gasteiger partial charge in [-0.3, -0.25) is 0 Å². The molecule has 2 nitrogen and oxygen atoms in total. The summed E-state index contributed by atoms with van der Waals surface area (Å²) in [5, 5.41) is 0. The van der Waals surface area contributed by atoms with Crippen molar-refractivity contribution < 1.29 is 0 Å². The highest BCUT2D eigenvalue weighted by molar-refractivity contribution is 7.55. The van der Waals surface area contributed by atoms with Gasteiger partial charge in [0.2, 0.25) is 0 Å². The highest BCUT2D eigenvalue weighted by Gasteiger charge is 2.02. The number of rotatable bonds is 3. The van der Waals surface area contributed by atoms with Crippen molar-refractivity contribution in [3.05, 3.63) is 18.7 Å². The molecule has 0 spiro atoms. The van der Waals surface area contributed by atoms with Gasteiger partial charge in [0.1, 0.15) is 0 Å². The van der Waals surface area contributed by atoms with Crippen LogP contribution in [0.15, 0.2) is 18.7 Å². The van der Waals surface area contributed by atoms with Crippen LogP contribution in [0.25, 0.3) is 0 Å². The summed E-state index contributed by atoms with van der Waals surface area (Å²) in [5.41, 5.74) is 0. The van der Waals surface area contributed by atoms with Gasteiger partial charge in [0.15, 0.2) is 0 Å². The molecule has 1 aromatic heterocycles. The van der Waals surface area contributed by atoms with Gasteiger partial charge in [0.05, 0.1) is 6.33 Å². The van der Waals surface area contributed by atoms with E-state index in [0.717, 1.165) is 0 Å². The minimum absolute atomic E-state index is 0.0399. The average Bonchev–Trinajstić information content (AvgIpc) is 2.43. The Balaban J connectivity index is 2.64. The molecule has 0 saturated heterocycles. The van der Waals surface area contributed by atoms with E-state index in [0.29, 0.717) is 0 Å². The Morgan fingerprint density at radius 3 is 2.50 bits per heavy atom. The van der Waals surface area contributed by atoms with Crippen LogP contribution in [0.5, 0.6) is 0 Å². The van der Waals surface area contributed by atoms with Gasteiger partial charge in [-0.2, -0.15) is 0 Å². The molecule has 0 amide bonds. The third kappa shape index (κ3) is 1.57. The van der Waals surface area contributed by atoms with Gasteiger partial charge in [-0.05, 0) is 20.4 Å². The quantitative estimate of drug-likeness (QED) is 0.613. The van der Waals surface area contributed by atoms with Gasteiger partial charge in [0, 0.05) is 12.4 Å². The lowest BCUT2D eigenvalue weighted by Gasteiger charge is -2.12. The van der Waals surface area contributed by atoms with E-state index < -0.39 is 0 Å². The first-order valence-electron chi connectivity index (χ1n) is 3.61. The predicted octanol–water partition coefficient (Wildman–Crippen LogP) is 2.17. The zero-order chi connectivity index (χ0) is 7.40. The largest absolute Gasteiger partial charge is 0.316 e. The minimum atomic E-state index is 0.0399. The highest BCUT2D eigenvalue weighted by Crippen LogP contribution is 2.35. The Bertz CT molecular complexity index is 168. The molecule has 0 aromatic carbocycles. The molecule has 0 aliphatic carbocycles. The van der Waals surface area contributed by atoms with Gasteiger partial charge in [0.25, 0.3) is 0 Å². The van der Waals surface area contributed by atoms with Crippen molar-refractivity contribution in [3.63, 3.8) is 0 Å². The summed E-state index contributed by atoms with van der Waals surface area (Å²) in [7, 11) is 0.0399. The van der Waals surface area contributed by atoms with Crippen LogP contribution >= 0.6 is 8.07 Å². The second kappa shape index (κ2) is 3.72. The molecule has 3 heteroatoms. The number of hydrogen-bond donors (Lipinski definition) is 0. The van der Waals surface area contributed by atoms with Crippen LogP contribution in [0.3, 0.4) is 0 Å². The van der Waals surface area contributed by atoms with Crippen LogP contribution in [0.4, 0.5) is 0 Å². The van der Waals surface area contributed by atoms with Crippen molar-refractivity contribution in [1.82, 2.24) is 9.32 Å². The Morgan fingerprint density at radius 2 is 2.10 bits per heavy atom. The normalized spacial score (nSPS) is 10.7. The van der Waals surface area contributed by atoms with E-state index >= 15 is 0 Å². The van der Waals surface area contributed by atoms with Crippen LogP contribution in [0.2, 0.25) is 0 Å². The van der Waals surface area contributed by atoms with Crippen LogP contribution in [0, 0.1) is 0 Å². The lowest BCUT2D eigenvalue weighted by Crippen LogP contribution is -1.92. The molecule has 0 aliphatic rings. The molecule has 1 aromatic rings. The van der Waals surface area contributed by atoms with E-state index in [2.05, 4.69) is 29.4 Å². The Hall–Kier alpha value is -0.360. The molecule has 56 valence electrons. The minimum Gasteiger partial charge on any atom is -0.316 e. The maximum absolute atomic E-state index is 4.02. The van der Waals surface area contributed by atoms with Crippen LogP contribution in [-0.2, 0) is 0 Å². The first kappa shape index (κ1) is 7.74. The first-order valence-corrected chi connectivity index (χ1v) is 5.28. The summed E-state index contributed by atoms with van der Waals surface area (Å²) >= 11 is 0. The molecule has 0 N–H and O–H groups in total. The van der Waals surface area contributed by atoms with Gasteiger partial charge in [-0.1, -0.05) is 13.8 Å². The van der Waals surface area contributed by atoms with Crippen molar-refractivity contribution >= 4 is 8.07 Å². The van der Waals surface area contributed by atoms with E-state index in [9.17, 15) is 0 Å². The standard InChI is InChI=1S/C7H13N2P/c1-3-10(4-2)9-6-5-8-7-9/h5-7H,3-4H2,1-2H3. The van der Waals surface area contributed by atoms with Crippen LogP contribution in [-0.4, -0.2) is 21.6 Å². The number of imidazole rings is 1. The van der Waals surface area contributed by atoms with Crippen molar-refractivity contribution in [2.24, 2.45) is 0 Å². The fraction of sp³-hybridized carbons (Fsp3) is 0.571. The lowest BCUT2D eigenvalue weighted by atomic mass is 11.0. The van der Waals surface area contributed by atoms with Crippen molar-refractivity contribution in [2.75, 3.05) is 12.3 Å². The van der Waals surface area contributed by atoms with E-state index in [1.165, 1.54) is 12.3 Å². The van der Waals surface area contributed by atoms with Crippen LogP contribution < -0.4 is 0 Å². The molecule has 0 bridgehead atoms. The third-order valence-electron chi connectivity index (χ3n) is 1.55. The number of hydrogen-bond acceptors (Lipinski definition) is 1. The Kier molecular flexibility index (Phi) is 2.88. The molecule has 10 heavy (non-hydrogen) atoms. The average molecular weight is 156 g/mol. The monoisotopic (exact) mass is 156 g/mol. The predicted molar refractivity (Wildman–Crippen MR) is 45.6 cm³/mol. The SMILES string of the molecule is CCP(CC)n1ccnc1. The van der Waals surface area contributed by atoms with E-state index in [1.54, 1.807) is 0 Å². The molecular weight excluding hydrogens is 143 g/mol. The second-order valence-corrected chi connectivity index (χ2v) is 4.82. The van der Waals surface area contributed by atoms with Gasteiger partial charge in [-0.25, -0.2) is 4.98 Å². The zero-order valence-corrected chi connectivity index (χ0v) is 7.38.